The zero-order valence-corrected chi connectivity index (χ0v) is 13.5. The van der Waals surface area contributed by atoms with Crippen LogP contribution in [-0.4, -0.2) is 37.7 Å². The summed E-state index contributed by atoms with van der Waals surface area (Å²) in [5.74, 6) is -0.451. The summed E-state index contributed by atoms with van der Waals surface area (Å²) < 4.78 is 10.4. The maximum Gasteiger partial charge on any atom is 0.321 e. The third-order valence-corrected chi connectivity index (χ3v) is 2.96. The van der Waals surface area contributed by atoms with E-state index in [0.29, 0.717) is 13.0 Å². The number of hydrogen-bond donors (Lipinski definition) is 2. The average molecular weight is 322 g/mol. The van der Waals surface area contributed by atoms with Gasteiger partial charge in [0, 0.05) is 13.5 Å². The molecule has 126 valence electrons. The Bertz CT molecular complexity index is 542. The number of ether oxygens (including phenoxy) is 2. The van der Waals surface area contributed by atoms with Crippen LogP contribution in [0.4, 0.5) is 4.79 Å². The van der Waals surface area contributed by atoms with Crippen molar-refractivity contribution in [1.82, 2.24) is 10.6 Å². The van der Waals surface area contributed by atoms with Gasteiger partial charge in [-0.25, -0.2) is 4.79 Å². The van der Waals surface area contributed by atoms with Crippen LogP contribution in [0.1, 0.15) is 25.3 Å². The van der Waals surface area contributed by atoms with Crippen LogP contribution >= 0.6 is 0 Å². The summed E-state index contributed by atoms with van der Waals surface area (Å²) in [6.07, 6.45) is -0.433. The highest BCUT2D eigenvalue weighted by Gasteiger charge is 2.19. The molecule has 7 heteroatoms. The molecule has 0 unspecified atom stereocenters. The standard InChI is InChI=1S/C16H22N2O5/c1-11-6-8-13(9-7-11)22-10-4-5-14(19)23-12(2)15(20)18-16(21)17-3/h6-9,12H,4-5,10H2,1-3H3,(H2,17,18,20,21)/t12-/m0/s1. The van der Waals surface area contributed by atoms with E-state index in [1.54, 1.807) is 0 Å². The molecule has 0 aromatic heterocycles. The van der Waals surface area contributed by atoms with Crippen molar-refractivity contribution >= 4 is 17.9 Å². The molecule has 0 saturated heterocycles. The molecule has 0 heterocycles. The van der Waals surface area contributed by atoms with Crippen molar-refractivity contribution in [1.29, 1.82) is 0 Å². The van der Waals surface area contributed by atoms with E-state index in [1.165, 1.54) is 14.0 Å². The molecule has 0 radical (unpaired) electrons. The number of aryl methyl sites for hydroxylation is 1. The summed E-state index contributed by atoms with van der Waals surface area (Å²) in [6.45, 7) is 3.76. The number of amides is 3. The molecule has 7 nitrogen and oxygen atoms in total. The summed E-state index contributed by atoms with van der Waals surface area (Å²) in [5, 5.41) is 4.27. The first-order valence-electron chi connectivity index (χ1n) is 7.34. The molecule has 3 amide bonds. The van der Waals surface area contributed by atoms with Crippen molar-refractivity contribution in [3.05, 3.63) is 29.8 Å². The van der Waals surface area contributed by atoms with E-state index >= 15 is 0 Å². The third-order valence-electron chi connectivity index (χ3n) is 2.96. The van der Waals surface area contributed by atoms with Gasteiger partial charge in [-0.3, -0.25) is 14.9 Å². The first kappa shape index (κ1) is 18.5. The molecule has 23 heavy (non-hydrogen) atoms. The first-order chi connectivity index (χ1) is 10.9. The molecule has 0 saturated carbocycles. The Balaban J connectivity index is 2.22. The van der Waals surface area contributed by atoms with E-state index in [1.807, 2.05) is 36.5 Å². The van der Waals surface area contributed by atoms with Gasteiger partial charge in [0.2, 0.25) is 0 Å². The molecular weight excluding hydrogens is 300 g/mol. The van der Waals surface area contributed by atoms with Gasteiger partial charge in [0.25, 0.3) is 5.91 Å². The number of nitrogens with one attached hydrogen (secondary N) is 2. The van der Waals surface area contributed by atoms with Gasteiger partial charge < -0.3 is 14.8 Å². The van der Waals surface area contributed by atoms with Crippen molar-refractivity contribution in [3.8, 4) is 5.75 Å². The van der Waals surface area contributed by atoms with Crippen molar-refractivity contribution < 1.29 is 23.9 Å². The Morgan fingerprint density at radius 2 is 1.83 bits per heavy atom. The van der Waals surface area contributed by atoms with Crippen molar-refractivity contribution in [3.63, 3.8) is 0 Å². The second-order valence-electron chi connectivity index (χ2n) is 4.97. The Morgan fingerprint density at radius 1 is 1.17 bits per heavy atom. The van der Waals surface area contributed by atoms with Crippen LogP contribution in [0.5, 0.6) is 5.75 Å². The van der Waals surface area contributed by atoms with Gasteiger partial charge in [-0.1, -0.05) is 17.7 Å². The molecule has 2 N–H and O–H groups in total. The van der Waals surface area contributed by atoms with Gasteiger partial charge >= 0.3 is 12.0 Å². The smallest absolute Gasteiger partial charge is 0.321 e. The van der Waals surface area contributed by atoms with Crippen LogP contribution < -0.4 is 15.4 Å². The Morgan fingerprint density at radius 3 is 2.43 bits per heavy atom. The van der Waals surface area contributed by atoms with Gasteiger partial charge in [-0.15, -0.1) is 0 Å². The highest BCUT2D eigenvalue weighted by molar-refractivity contribution is 5.96. The molecule has 1 aromatic rings. The van der Waals surface area contributed by atoms with Crippen LogP contribution in [0.3, 0.4) is 0 Å². The van der Waals surface area contributed by atoms with E-state index in [4.69, 9.17) is 9.47 Å². The van der Waals surface area contributed by atoms with E-state index in [0.717, 1.165) is 11.3 Å². The lowest BCUT2D eigenvalue weighted by Gasteiger charge is -2.12. The Labute approximate surface area is 135 Å². The van der Waals surface area contributed by atoms with E-state index in [2.05, 4.69) is 5.32 Å². The van der Waals surface area contributed by atoms with Gasteiger partial charge in [0.15, 0.2) is 6.10 Å². The monoisotopic (exact) mass is 322 g/mol. The van der Waals surface area contributed by atoms with E-state index < -0.39 is 24.0 Å². The van der Waals surface area contributed by atoms with Crippen LogP contribution in [0.25, 0.3) is 0 Å². The number of carbonyl (C=O) groups excluding carboxylic acids is 3. The summed E-state index contributed by atoms with van der Waals surface area (Å²) >= 11 is 0. The number of benzene rings is 1. The number of urea groups is 1. The van der Waals surface area contributed by atoms with E-state index in [9.17, 15) is 14.4 Å². The second kappa shape index (κ2) is 9.45. The predicted octanol–water partition coefficient (Wildman–Crippen LogP) is 1.54. The van der Waals surface area contributed by atoms with Crippen LogP contribution in [0.15, 0.2) is 24.3 Å². The zero-order chi connectivity index (χ0) is 17.2. The lowest BCUT2D eigenvalue weighted by atomic mass is 10.2. The molecule has 0 bridgehead atoms. The van der Waals surface area contributed by atoms with Crippen LogP contribution in [0.2, 0.25) is 0 Å². The fourth-order valence-electron chi connectivity index (χ4n) is 1.63. The summed E-state index contributed by atoms with van der Waals surface area (Å²) in [4.78, 5) is 34.1. The number of imide groups is 1. The summed E-state index contributed by atoms with van der Waals surface area (Å²) in [5.41, 5.74) is 1.14. The molecule has 0 fully saturated rings. The van der Waals surface area contributed by atoms with Crippen LogP contribution in [0, 0.1) is 6.92 Å². The van der Waals surface area contributed by atoms with E-state index in [-0.39, 0.29) is 6.42 Å². The lowest BCUT2D eigenvalue weighted by molar-refractivity contribution is -0.154. The quantitative estimate of drug-likeness (QED) is 0.587. The highest BCUT2D eigenvalue weighted by Crippen LogP contribution is 2.12. The summed E-state index contributed by atoms with van der Waals surface area (Å²) in [6, 6.07) is 6.95. The maximum absolute atomic E-state index is 11.6. The summed E-state index contributed by atoms with van der Waals surface area (Å²) in [7, 11) is 1.38. The van der Waals surface area contributed by atoms with Gasteiger partial charge in [0.05, 0.1) is 6.61 Å². The minimum atomic E-state index is -1.03. The molecule has 1 atom stereocenters. The number of carbonyl (C=O) groups is 3. The number of hydrogen-bond acceptors (Lipinski definition) is 5. The van der Waals surface area contributed by atoms with Crippen molar-refractivity contribution in [2.75, 3.05) is 13.7 Å². The third kappa shape index (κ3) is 7.30. The molecule has 1 aromatic carbocycles. The van der Waals surface area contributed by atoms with Gasteiger partial charge in [-0.05, 0) is 32.4 Å². The molecule has 0 aliphatic heterocycles. The minimum absolute atomic E-state index is 0.128. The largest absolute Gasteiger partial charge is 0.494 e. The van der Waals surface area contributed by atoms with Crippen molar-refractivity contribution in [2.24, 2.45) is 0 Å². The zero-order valence-electron chi connectivity index (χ0n) is 13.5. The Kier molecular flexibility index (Phi) is 7.59. The fraction of sp³-hybridized carbons (Fsp3) is 0.438. The second-order valence-corrected chi connectivity index (χ2v) is 4.97. The SMILES string of the molecule is CNC(=O)NC(=O)[C@H](C)OC(=O)CCCOc1ccc(C)cc1. The van der Waals surface area contributed by atoms with Crippen molar-refractivity contribution in [2.45, 2.75) is 32.8 Å². The lowest BCUT2D eigenvalue weighted by Crippen LogP contribution is -2.43. The molecule has 0 spiro atoms. The Hall–Kier alpha value is -2.57. The molecular formula is C16H22N2O5. The number of esters is 1. The fourth-order valence-corrected chi connectivity index (χ4v) is 1.63. The topological polar surface area (TPSA) is 93.7 Å². The minimum Gasteiger partial charge on any atom is -0.494 e. The number of rotatable bonds is 7. The average Bonchev–Trinajstić information content (AvgIpc) is 2.52. The normalized spacial score (nSPS) is 11.3. The molecule has 0 aliphatic rings. The predicted molar refractivity (Wildman–Crippen MR) is 84.1 cm³/mol. The first-order valence-corrected chi connectivity index (χ1v) is 7.34. The maximum atomic E-state index is 11.6. The molecule has 1 rings (SSSR count). The van der Waals surface area contributed by atoms with Gasteiger partial charge in [-0.2, -0.15) is 0 Å². The van der Waals surface area contributed by atoms with Gasteiger partial charge in [0.1, 0.15) is 5.75 Å². The molecule has 0 aliphatic carbocycles. The highest BCUT2D eigenvalue weighted by atomic mass is 16.5. The van der Waals surface area contributed by atoms with Crippen LogP contribution in [-0.2, 0) is 14.3 Å².